The molecule has 51 heavy (non-hydrogen) atoms. The molecular formula is C39H44N6O6. The number of nitrogens with one attached hydrogen (secondary N) is 1. The molecule has 0 saturated carbocycles. The first-order chi connectivity index (χ1) is 24.8. The highest BCUT2D eigenvalue weighted by Crippen LogP contribution is 2.36. The zero-order valence-electron chi connectivity index (χ0n) is 29.5. The summed E-state index contributed by atoms with van der Waals surface area (Å²) in [6, 6.07) is 13.9. The average Bonchev–Trinajstić information content (AvgIpc) is 3.80. The summed E-state index contributed by atoms with van der Waals surface area (Å²) in [5.41, 5.74) is 5.55. The largest absolute Gasteiger partial charge is 0.483 e. The van der Waals surface area contributed by atoms with Gasteiger partial charge in [0.1, 0.15) is 28.2 Å². The molecule has 3 fully saturated rings. The predicted molar refractivity (Wildman–Crippen MR) is 197 cm³/mol. The molecule has 1 spiro atoms. The van der Waals surface area contributed by atoms with Crippen molar-refractivity contribution < 1.29 is 23.8 Å². The van der Waals surface area contributed by atoms with Crippen LogP contribution in [0.1, 0.15) is 69.1 Å². The van der Waals surface area contributed by atoms with E-state index < -0.39 is 0 Å². The lowest BCUT2D eigenvalue weighted by atomic mass is 9.90. The molecule has 3 aliphatic heterocycles. The zero-order valence-corrected chi connectivity index (χ0v) is 29.5. The smallest absolute Gasteiger partial charge is 0.290 e. The van der Waals surface area contributed by atoms with Crippen molar-refractivity contribution in [2.75, 3.05) is 49.3 Å². The van der Waals surface area contributed by atoms with Gasteiger partial charge in [0.05, 0.1) is 31.6 Å². The Morgan fingerprint density at radius 2 is 1.86 bits per heavy atom. The van der Waals surface area contributed by atoms with Crippen LogP contribution in [0.4, 0.5) is 11.5 Å². The highest BCUT2D eigenvalue weighted by atomic mass is 16.6. The molecule has 1 atom stereocenters. The van der Waals surface area contributed by atoms with Crippen LogP contribution in [0, 0.1) is 11.8 Å². The van der Waals surface area contributed by atoms with E-state index in [1.165, 1.54) is 12.8 Å². The first-order valence-corrected chi connectivity index (χ1v) is 17.5. The predicted octanol–water partition coefficient (Wildman–Crippen LogP) is 5.53. The van der Waals surface area contributed by atoms with Crippen LogP contribution in [-0.2, 0) is 20.7 Å². The Balaban J connectivity index is 0.000000167. The van der Waals surface area contributed by atoms with Crippen LogP contribution in [-0.4, -0.2) is 82.6 Å². The minimum atomic E-state index is -0.307. The number of nitrogens with zero attached hydrogens (tertiary/aromatic N) is 5. The number of benzene rings is 1. The number of hydrogen-bond donors (Lipinski definition) is 2. The Labute approximate surface area is 296 Å². The second kappa shape index (κ2) is 15.7. The van der Waals surface area contributed by atoms with Crippen molar-refractivity contribution in [3.8, 4) is 11.8 Å². The maximum Gasteiger partial charge on any atom is 0.290 e. The second-order valence-electron chi connectivity index (χ2n) is 13.1. The quantitative estimate of drug-likeness (QED) is 0.181. The molecule has 0 bridgehead atoms. The summed E-state index contributed by atoms with van der Waals surface area (Å²) in [5, 5.41) is 7.97. The lowest BCUT2D eigenvalue weighted by Gasteiger charge is -2.53. The van der Waals surface area contributed by atoms with E-state index >= 15 is 0 Å². The van der Waals surface area contributed by atoms with Crippen molar-refractivity contribution in [3.63, 3.8) is 0 Å². The van der Waals surface area contributed by atoms with E-state index in [9.17, 15) is 4.79 Å². The number of fused-ring (bicyclic) bond motifs is 3. The number of morpholine rings is 1. The maximum absolute atomic E-state index is 12.5. The Hall–Kier alpha value is -5.25. The molecule has 8 rings (SSSR count). The van der Waals surface area contributed by atoms with Gasteiger partial charge in [-0.05, 0) is 56.5 Å². The summed E-state index contributed by atoms with van der Waals surface area (Å²) in [7, 11) is 0. The van der Waals surface area contributed by atoms with E-state index in [1.807, 2.05) is 36.4 Å². The number of carboxylic acid groups (broad SMARTS) is 1. The number of pyridine rings is 2. The van der Waals surface area contributed by atoms with E-state index in [2.05, 4.69) is 65.4 Å². The minimum absolute atomic E-state index is 0.0642. The number of carbonyl (C=O) groups is 1. The monoisotopic (exact) mass is 692 g/mol. The van der Waals surface area contributed by atoms with Crippen molar-refractivity contribution >= 4 is 40.0 Å². The SMILES string of the molecule is CC(C)c1nc(N2CCCC2)c2oc3ccccc3c2n1.CCc1ncccc1C#Cc1c[nH]c(=O)c(N2CCOC3(COC3)C2C)c1.O=CO. The van der Waals surface area contributed by atoms with E-state index in [4.69, 9.17) is 33.8 Å². The highest BCUT2D eigenvalue weighted by Gasteiger charge is 2.50. The van der Waals surface area contributed by atoms with Gasteiger partial charge in [0.2, 0.25) is 0 Å². The second-order valence-corrected chi connectivity index (χ2v) is 13.1. The molecule has 0 radical (unpaired) electrons. The molecule has 12 heteroatoms. The molecular weight excluding hydrogens is 648 g/mol. The third-order valence-electron chi connectivity index (χ3n) is 9.54. The van der Waals surface area contributed by atoms with Gasteiger partial charge in [-0.3, -0.25) is 14.6 Å². The van der Waals surface area contributed by atoms with Crippen molar-refractivity contribution in [3.05, 3.63) is 87.9 Å². The average molecular weight is 693 g/mol. The summed E-state index contributed by atoms with van der Waals surface area (Å²) >= 11 is 0. The van der Waals surface area contributed by atoms with Crippen molar-refractivity contribution in [2.24, 2.45) is 0 Å². The van der Waals surface area contributed by atoms with Gasteiger partial charge in [-0.1, -0.05) is 44.7 Å². The number of H-pyrrole nitrogens is 1. The van der Waals surface area contributed by atoms with Crippen LogP contribution in [0.5, 0.6) is 0 Å². The number of furan rings is 1. The van der Waals surface area contributed by atoms with Crippen LogP contribution in [0.2, 0.25) is 0 Å². The number of aryl methyl sites for hydroxylation is 1. The van der Waals surface area contributed by atoms with Crippen molar-refractivity contribution in [1.29, 1.82) is 0 Å². The molecule has 4 aromatic heterocycles. The first-order valence-electron chi connectivity index (χ1n) is 17.5. The van der Waals surface area contributed by atoms with Crippen LogP contribution in [0.25, 0.3) is 22.1 Å². The minimum Gasteiger partial charge on any atom is -0.483 e. The van der Waals surface area contributed by atoms with Gasteiger partial charge < -0.3 is 33.8 Å². The number of rotatable bonds is 4. The van der Waals surface area contributed by atoms with Crippen LogP contribution in [0.15, 0.2) is 64.1 Å². The van der Waals surface area contributed by atoms with Gasteiger partial charge in [0.15, 0.2) is 11.4 Å². The van der Waals surface area contributed by atoms with E-state index in [1.54, 1.807) is 12.4 Å². The topological polar surface area (TPSA) is 147 Å². The Morgan fingerprint density at radius 1 is 1.10 bits per heavy atom. The fourth-order valence-corrected chi connectivity index (χ4v) is 6.63. The Kier molecular flexibility index (Phi) is 11.0. The van der Waals surface area contributed by atoms with Crippen molar-refractivity contribution in [2.45, 2.75) is 64.5 Å². The fourth-order valence-electron chi connectivity index (χ4n) is 6.63. The number of aromatic nitrogens is 4. The third-order valence-corrected chi connectivity index (χ3v) is 9.54. The molecule has 1 unspecified atom stereocenters. The molecule has 1 aromatic carbocycles. The van der Waals surface area contributed by atoms with Crippen LogP contribution >= 0.6 is 0 Å². The van der Waals surface area contributed by atoms with Gasteiger partial charge >= 0.3 is 0 Å². The van der Waals surface area contributed by atoms with Gasteiger partial charge in [0.25, 0.3) is 12.0 Å². The molecule has 0 aliphatic carbocycles. The summed E-state index contributed by atoms with van der Waals surface area (Å²) < 4.78 is 17.4. The Bertz CT molecular complexity index is 2100. The number of ether oxygens (including phenoxy) is 2. The van der Waals surface area contributed by atoms with Gasteiger partial charge in [0, 0.05) is 54.5 Å². The molecule has 2 N–H and O–H groups in total. The first kappa shape index (κ1) is 35.6. The van der Waals surface area contributed by atoms with Gasteiger partial charge in [-0.25, -0.2) is 9.97 Å². The molecule has 3 saturated heterocycles. The number of aromatic amines is 1. The number of anilines is 2. The molecule has 7 heterocycles. The highest BCUT2D eigenvalue weighted by molar-refractivity contribution is 6.05. The summed E-state index contributed by atoms with van der Waals surface area (Å²) in [6.45, 7) is 12.7. The summed E-state index contributed by atoms with van der Waals surface area (Å²) in [4.78, 5) is 42.0. The maximum atomic E-state index is 12.5. The van der Waals surface area contributed by atoms with Crippen molar-refractivity contribution in [1.82, 2.24) is 19.9 Å². The number of para-hydroxylation sites is 1. The summed E-state index contributed by atoms with van der Waals surface area (Å²) in [5.74, 6) is 8.52. The number of hydrogen-bond acceptors (Lipinski definition) is 10. The normalized spacial score (nSPS) is 17.6. The van der Waals surface area contributed by atoms with E-state index in [-0.39, 0.29) is 23.7 Å². The third kappa shape index (κ3) is 7.45. The van der Waals surface area contributed by atoms with Crippen LogP contribution < -0.4 is 15.4 Å². The Morgan fingerprint density at radius 3 is 2.57 bits per heavy atom. The molecule has 12 nitrogen and oxygen atoms in total. The van der Waals surface area contributed by atoms with Gasteiger partial charge in [-0.2, -0.15) is 0 Å². The fraction of sp³-hybridized carbons (Fsp3) is 0.410. The summed E-state index contributed by atoms with van der Waals surface area (Å²) in [6.07, 6.45) is 6.72. The lowest BCUT2D eigenvalue weighted by Crippen LogP contribution is -2.68. The van der Waals surface area contributed by atoms with Gasteiger partial charge in [-0.15, -0.1) is 0 Å². The zero-order chi connectivity index (χ0) is 36.0. The molecule has 5 aromatic rings. The molecule has 0 amide bonds. The molecule has 3 aliphatic rings. The van der Waals surface area contributed by atoms with E-state index in [0.717, 1.165) is 70.0 Å². The standard InChI is InChI=1S/C21H23N3O3.C17H19N3O.CH2O2/c1-3-18-17(5-4-8-22-18)7-6-16-11-19(20(25)23-12-16)24-9-10-27-21(15(24)2)13-26-14-21;1-11(2)16-18-14-12-7-3-4-8-13(12)21-15(14)17(19-16)20-9-5-6-10-20;2-1-3/h4-5,8,11-12,15H,3,9-10,13-14H2,1-2H3,(H,23,25);3-4,7-8,11H,5-6,9-10H2,1-2H3;1H,(H,2,3). The molecule has 266 valence electrons. The van der Waals surface area contributed by atoms with E-state index in [0.29, 0.717) is 38.0 Å². The lowest BCUT2D eigenvalue weighted by molar-refractivity contribution is -0.228. The van der Waals surface area contributed by atoms with Crippen LogP contribution in [0.3, 0.4) is 0 Å².